The van der Waals surface area contributed by atoms with Gasteiger partial charge in [-0.2, -0.15) is 26.3 Å². The number of hydrogen-bond donors (Lipinski definition) is 3. The normalized spacial score (nSPS) is 11.6. The van der Waals surface area contributed by atoms with E-state index in [1.807, 2.05) is 0 Å². The van der Waals surface area contributed by atoms with Crippen LogP contribution in [0.4, 0.5) is 42.1 Å². The number of fused-ring (bicyclic) bond motifs is 1. The number of aliphatic hydroxyl groups is 1. The van der Waals surface area contributed by atoms with Gasteiger partial charge in [0.25, 0.3) is 5.91 Å². The van der Waals surface area contributed by atoms with E-state index in [-0.39, 0.29) is 37.7 Å². The summed E-state index contributed by atoms with van der Waals surface area (Å²) in [5.41, 5.74) is -2.60. The Labute approximate surface area is 243 Å². The number of nitrogens with one attached hydrogen (secondary N) is 2. The minimum Gasteiger partial charge on any atom is -0.496 e. The molecule has 0 bridgehead atoms. The van der Waals surface area contributed by atoms with Crippen molar-refractivity contribution in [3.05, 3.63) is 87.5 Å². The lowest BCUT2D eigenvalue weighted by atomic mass is 10.1. The number of rotatable bonds is 6. The maximum absolute atomic E-state index is 13.7. The molecule has 14 heteroatoms. The molecule has 3 N–H and O–H groups in total. The summed E-state index contributed by atoms with van der Waals surface area (Å²) < 4.78 is 98.4. The number of methoxy groups -OCH3 is 1. The van der Waals surface area contributed by atoms with Crippen molar-refractivity contribution >= 4 is 44.6 Å². The molecule has 0 saturated carbocycles. The number of ether oxygens (including phenoxy) is 1. The predicted octanol–water partition coefficient (Wildman–Crippen LogP) is 6.86. The number of aliphatic hydroxyl groups excluding tert-OH is 1. The lowest BCUT2D eigenvalue weighted by Gasteiger charge is -2.13. The molecule has 2 amide bonds. The highest BCUT2D eigenvalue weighted by molar-refractivity contribution is 7.20. The van der Waals surface area contributed by atoms with Crippen LogP contribution in [0, 0.1) is 17.7 Å². The Morgan fingerprint density at radius 2 is 1.70 bits per heavy atom. The number of thiophene rings is 1. The molecule has 0 fully saturated rings. The molecule has 1 heterocycles. The third kappa shape index (κ3) is 7.25. The first-order valence-corrected chi connectivity index (χ1v) is 12.9. The Morgan fingerprint density at radius 1 is 0.953 bits per heavy atom. The summed E-state index contributed by atoms with van der Waals surface area (Å²) in [7, 11) is 1.30. The first kappa shape index (κ1) is 31.3. The molecule has 3 aromatic carbocycles. The SMILES string of the molecule is COc1ccc(C#CCO)cc1C(=O)Nc1c(CC(=O)Nc2ccc(F)c(C(F)(F)F)c2)sc2cc(C(F)(F)F)ccc12. The largest absolute Gasteiger partial charge is 0.496 e. The molecule has 6 nitrogen and oxygen atoms in total. The van der Waals surface area contributed by atoms with Crippen molar-refractivity contribution in [1.82, 2.24) is 0 Å². The van der Waals surface area contributed by atoms with Crippen LogP contribution in [0.1, 0.15) is 31.9 Å². The van der Waals surface area contributed by atoms with Gasteiger partial charge >= 0.3 is 12.4 Å². The zero-order chi connectivity index (χ0) is 31.5. The van der Waals surface area contributed by atoms with Crippen LogP contribution in [0.2, 0.25) is 0 Å². The zero-order valence-electron chi connectivity index (χ0n) is 21.8. The lowest BCUT2D eigenvalue weighted by Crippen LogP contribution is -2.18. The molecule has 224 valence electrons. The van der Waals surface area contributed by atoms with E-state index in [1.165, 1.54) is 25.3 Å². The van der Waals surface area contributed by atoms with E-state index in [1.54, 1.807) is 0 Å². The van der Waals surface area contributed by atoms with E-state index >= 15 is 0 Å². The molecule has 43 heavy (non-hydrogen) atoms. The second-order valence-corrected chi connectivity index (χ2v) is 9.99. The highest BCUT2D eigenvalue weighted by Crippen LogP contribution is 2.41. The number of amides is 2. The molecule has 0 aliphatic rings. The molecule has 0 atom stereocenters. The van der Waals surface area contributed by atoms with Gasteiger partial charge in [0.2, 0.25) is 5.91 Å². The number of hydrogen-bond acceptors (Lipinski definition) is 5. The number of carbonyl (C=O) groups is 2. The number of halogens is 7. The van der Waals surface area contributed by atoms with Gasteiger partial charge < -0.3 is 20.5 Å². The Bertz CT molecular complexity index is 1770. The molecule has 0 unspecified atom stereocenters. The fraction of sp³-hybridized carbons (Fsp3) is 0.172. The van der Waals surface area contributed by atoms with Crippen molar-refractivity contribution in [2.45, 2.75) is 18.8 Å². The highest BCUT2D eigenvalue weighted by Gasteiger charge is 2.34. The van der Waals surface area contributed by atoms with Crippen molar-refractivity contribution in [1.29, 1.82) is 0 Å². The summed E-state index contributed by atoms with van der Waals surface area (Å²) in [5.74, 6) is 2.02. The molecular formula is C29H19F7N2O4S. The van der Waals surface area contributed by atoms with Gasteiger partial charge in [0.15, 0.2) is 0 Å². The van der Waals surface area contributed by atoms with Crippen LogP contribution < -0.4 is 15.4 Å². The highest BCUT2D eigenvalue weighted by atomic mass is 32.1. The van der Waals surface area contributed by atoms with Crippen LogP contribution in [0.25, 0.3) is 10.1 Å². The van der Waals surface area contributed by atoms with E-state index < -0.39 is 54.1 Å². The smallest absolute Gasteiger partial charge is 0.419 e. The minimum absolute atomic E-state index is 0.00198. The Morgan fingerprint density at radius 3 is 2.35 bits per heavy atom. The summed E-state index contributed by atoms with van der Waals surface area (Å²) in [6, 6.07) is 8.99. The molecule has 0 aliphatic heterocycles. The topological polar surface area (TPSA) is 87.7 Å². The van der Waals surface area contributed by atoms with Crippen LogP contribution in [0.15, 0.2) is 54.6 Å². The van der Waals surface area contributed by atoms with E-state index in [4.69, 9.17) is 9.84 Å². The van der Waals surface area contributed by atoms with Crippen molar-refractivity contribution < 1.29 is 50.2 Å². The van der Waals surface area contributed by atoms with Gasteiger partial charge in [0, 0.05) is 26.2 Å². The summed E-state index contributed by atoms with van der Waals surface area (Å²) in [6.45, 7) is -0.435. The van der Waals surface area contributed by atoms with Gasteiger partial charge in [-0.15, -0.1) is 11.3 Å². The second kappa shape index (κ2) is 12.3. The Hall–Kier alpha value is -4.61. The van der Waals surface area contributed by atoms with Crippen LogP contribution in [0.3, 0.4) is 0 Å². The van der Waals surface area contributed by atoms with Gasteiger partial charge in [-0.05, 0) is 48.5 Å². The minimum atomic E-state index is -5.02. The third-order valence-electron chi connectivity index (χ3n) is 5.96. The first-order chi connectivity index (χ1) is 20.2. The van der Waals surface area contributed by atoms with Gasteiger partial charge in [-0.3, -0.25) is 9.59 Å². The average Bonchev–Trinajstić information content (AvgIpc) is 3.27. The average molecular weight is 625 g/mol. The van der Waals surface area contributed by atoms with Crippen molar-refractivity contribution in [3.63, 3.8) is 0 Å². The predicted molar refractivity (Wildman–Crippen MR) is 145 cm³/mol. The molecule has 4 aromatic rings. The number of alkyl halides is 6. The van der Waals surface area contributed by atoms with Crippen LogP contribution in [-0.4, -0.2) is 30.6 Å². The lowest BCUT2D eigenvalue weighted by molar-refractivity contribution is -0.140. The maximum atomic E-state index is 13.7. The second-order valence-electron chi connectivity index (χ2n) is 8.86. The fourth-order valence-corrected chi connectivity index (χ4v) is 5.24. The molecule has 0 spiro atoms. The van der Waals surface area contributed by atoms with Gasteiger partial charge in [-0.1, -0.05) is 17.9 Å². The quantitative estimate of drug-likeness (QED) is 0.162. The summed E-state index contributed by atoms with van der Waals surface area (Å²) in [6.07, 6.45) is -10.3. The summed E-state index contributed by atoms with van der Waals surface area (Å²) in [5, 5.41) is 14.0. The molecule has 4 rings (SSSR count). The molecule has 0 radical (unpaired) electrons. The van der Waals surface area contributed by atoms with Crippen molar-refractivity contribution in [3.8, 4) is 17.6 Å². The molecule has 0 saturated heterocycles. The molecular weight excluding hydrogens is 605 g/mol. The number of carbonyl (C=O) groups excluding carboxylic acids is 2. The van der Waals surface area contributed by atoms with E-state index in [2.05, 4.69) is 22.5 Å². The third-order valence-corrected chi connectivity index (χ3v) is 7.11. The van der Waals surface area contributed by atoms with Crippen LogP contribution in [-0.2, 0) is 23.6 Å². The summed E-state index contributed by atoms with van der Waals surface area (Å²) in [4.78, 5) is 26.3. The van der Waals surface area contributed by atoms with Crippen molar-refractivity contribution in [2.75, 3.05) is 24.4 Å². The van der Waals surface area contributed by atoms with E-state index in [0.717, 1.165) is 35.6 Å². The van der Waals surface area contributed by atoms with Crippen LogP contribution in [0.5, 0.6) is 5.75 Å². The van der Waals surface area contributed by atoms with Crippen molar-refractivity contribution in [2.24, 2.45) is 0 Å². The standard InChI is InChI=1S/C29H19F7N2O4S/c1-42-22-9-4-15(3-2-10-39)11-19(22)27(41)38-26-18-7-5-16(28(31,32)33)12-23(18)43-24(26)14-25(40)37-17-6-8-21(30)20(13-17)29(34,35)36/h4-9,11-13,39H,10,14H2,1H3,(H,37,40)(H,38,41). The zero-order valence-corrected chi connectivity index (χ0v) is 22.7. The summed E-state index contributed by atoms with van der Waals surface area (Å²) >= 11 is 0.767. The van der Waals surface area contributed by atoms with E-state index in [9.17, 15) is 40.3 Å². The maximum Gasteiger partial charge on any atom is 0.419 e. The molecule has 1 aromatic heterocycles. The Balaban J connectivity index is 1.72. The fourth-order valence-electron chi connectivity index (χ4n) is 4.04. The number of anilines is 2. The monoisotopic (exact) mass is 624 g/mol. The molecule has 0 aliphatic carbocycles. The first-order valence-electron chi connectivity index (χ1n) is 12.1. The number of benzene rings is 3. The van der Waals surface area contributed by atoms with Gasteiger partial charge in [0.1, 0.15) is 18.2 Å². The van der Waals surface area contributed by atoms with Gasteiger partial charge in [0.05, 0.1) is 35.9 Å². The van der Waals surface area contributed by atoms with E-state index in [0.29, 0.717) is 17.7 Å². The Kier molecular flexibility index (Phi) is 8.98. The van der Waals surface area contributed by atoms with Crippen LogP contribution >= 0.6 is 11.3 Å². The van der Waals surface area contributed by atoms with Gasteiger partial charge in [-0.25, -0.2) is 4.39 Å².